The summed E-state index contributed by atoms with van der Waals surface area (Å²) in [5.41, 5.74) is 2.97. The number of hydrogen-bond acceptors (Lipinski definition) is 5. The molecule has 0 radical (unpaired) electrons. The van der Waals surface area contributed by atoms with Crippen LogP contribution in [-0.4, -0.2) is 58.8 Å². The molecule has 1 aliphatic carbocycles. The first-order valence-corrected chi connectivity index (χ1v) is 13.8. The molecule has 2 aromatic carbocycles. The number of hydrogen-bond donors (Lipinski definition) is 1. The van der Waals surface area contributed by atoms with Crippen molar-refractivity contribution >= 4 is 17.7 Å². The third kappa shape index (κ3) is 4.89. The second-order valence-corrected chi connectivity index (χ2v) is 10.9. The van der Waals surface area contributed by atoms with Gasteiger partial charge in [0, 0.05) is 24.6 Å². The molecular formula is C30H35N3O4. The second-order valence-electron chi connectivity index (χ2n) is 10.9. The van der Waals surface area contributed by atoms with Crippen LogP contribution in [0.25, 0.3) is 0 Å². The van der Waals surface area contributed by atoms with Crippen LogP contribution < -0.4 is 10.1 Å². The van der Waals surface area contributed by atoms with E-state index in [1.54, 1.807) is 4.90 Å². The van der Waals surface area contributed by atoms with E-state index >= 15 is 0 Å². The summed E-state index contributed by atoms with van der Waals surface area (Å²) < 4.78 is 6.61. The lowest BCUT2D eigenvalue weighted by Crippen LogP contribution is -2.52. The molecule has 7 heteroatoms. The van der Waals surface area contributed by atoms with Gasteiger partial charge in [0.2, 0.25) is 11.8 Å². The molecule has 3 fully saturated rings. The molecule has 6 rings (SSSR count). The van der Waals surface area contributed by atoms with Crippen LogP contribution in [0.3, 0.4) is 0 Å². The Labute approximate surface area is 218 Å². The lowest BCUT2D eigenvalue weighted by molar-refractivity contribution is -0.136. The average Bonchev–Trinajstić information content (AvgIpc) is 3.25. The van der Waals surface area contributed by atoms with E-state index in [-0.39, 0.29) is 30.2 Å². The van der Waals surface area contributed by atoms with Gasteiger partial charge in [0.05, 0.1) is 0 Å². The maximum Gasteiger partial charge on any atom is 0.255 e. The second kappa shape index (κ2) is 10.3. The highest BCUT2D eigenvalue weighted by Gasteiger charge is 2.39. The fraction of sp³-hybridized carbons (Fsp3) is 0.500. The third-order valence-electron chi connectivity index (χ3n) is 8.72. The smallest absolute Gasteiger partial charge is 0.255 e. The van der Waals surface area contributed by atoms with Crippen molar-refractivity contribution in [1.29, 1.82) is 0 Å². The maximum absolute atomic E-state index is 13.0. The minimum absolute atomic E-state index is 0.142. The van der Waals surface area contributed by atoms with Gasteiger partial charge in [-0.2, -0.15) is 0 Å². The molecule has 1 saturated carbocycles. The Morgan fingerprint density at radius 3 is 2.43 bits per heavy atom. The number of likely N-dealkylation sites (tertiary alicyclic amines) is 1. The molecule has 194 valence electrons. The van der Waals surface area contributed by atoms with E-state index < -0.39 is 6.04 Å². The summed E-state index contributed by atoms with van der Waals surface area (Å²) in [6.45, 7) is 2.58. The van der Waals surface area contributed by atoms with Gasteiger partial charge in [0.15, 0.2) is 0 Å². The van der Waals surface area contributed by atoms with Crippen molar-refractivity contribution in [3.05, 3.63) is 65.2 Å². The first-order valence-electron chi connectivity index (χ1n) is 13.8. The molecule has 0 aromatic heterocycles. The molecule has 4 aliphatic rings. The molecule has 0 bridgehead atoms. The van der Waals surface area contributed by atoms with Crippen molar-refractivity contribution in [2.75, 3.05) is 13.1 Å². The monoisotopic (exact) mass is 501 g/mol. The molecule has 0 spiro atoms. The number of imide groups is 1. The Hall–Kier alpha value is -3.19. The predicted molar refractivity (Wildman–Crippen MR) is 139 cm³/mol. The van der Waals surface area contributed by atoms with Gasteiger partial charge in [-0.05, 0) is 86.9 Å². The van der Waals surface area contributed by atoms with Gasteiger partial charge in [-0.1, -0.05) is 36.8 Å². The lowest BCUT2D eigenvalue weighted by atomic mass is 9.85. The Morgan fingerprint density at radius 1 is 0.865 bits per heavy atom. The van der Waals surface area contributed by atoms with E-state index in [4.69, 9.17) is 4.74 Å². The molecule has 3 heterocycles. The molecule has 2 saturated heterocycles. The molecule has 1 unspecified atom stereocenters. The van der Waals surface area contributed by atoms with E-state index in [0.717, 1.165) is 37.2 Å². The van der Waals surface area contributed by atoms with Crippen molar-refractivity contribution in [2.45, 2.75) is 82.0 Å². The zero-order valence-electron chi connectivity index (χ0n) is 21.2. The molecular weight excluding hydrogens is 466 g/mol. The van der Waals surface area contributed by atoms with E-state index in [0.29, 0.717) is 30.5 Å². The molecule has 3 atom stereocenters. The molecule has 3 amide bonds. The van der Waals surface area contributed by atoms with Crippen LogP contribution in [0.15, 0.2) is 48.5 Å². The third-order valence-corrected chi connectivity index (χ3v) is 8.72. The van der Waals surface area contributed by atoms with Gasteiger partial charge in [0.1, 0.15) is 17.9 Å². The number of amides is 3. The summed E-state index contributed by atoms with van der Waals surface area (Å²) in [6.07, 6.45) is 7.76. The standard InChI is InChI=1S/C30H35N3O4/c34-28-13-12-26(29(35)31-28)33-19-22-18-23(10-11-24(22)30(33)36)37-27-9-5-4-8-25(27)32-16-14-21(15-17-32)20-6-2-1-3-7-20/h1-3,6-7,10-11,18,21,25-27H,4-5,8-9,12-17,19H2,(H,31,34,35)/t25-,26?,27-/m1/s1. The predicted octanol–water partition coefficient (Wildman–Crippen LogP) is 4.02. The number of carbonyl (C=O) groups excluding carboxylic acids is 3. The Kier molecular flexibility index (Phi) is 6.72. The summed E-state index contributed by atoms with van der Waals surface area (Å²) in [5.74, 6) is 0.643. The lowest BCUT2D eigenvalue weighted by Gasteiger charge is -2.43. The van der Waals surface area contributed by atoms with Gasteiger partial charge < -0.3 is 9.64 Å². The average molecular weight is 502 g/mol. The molecule has 1 N–H and O–H groups in total. The SMILES string of the molecule is O=C1CCC(N2Cc3cc(O[C@@H]4CCCC[C@H]4N4CCC(c5ccccc5)CC4)ccc3C2=O)C(=O)N1. The van der Waals surface area contributed by atoms with E-state index in [2.05, 4.69) is 40.5 Å². The van der Waals surface area contributed by atoms with Crippen molar-refractivity contribution < 1.29 is 19.1 Å². The van der Waals surface area contributed by atoms with Gasteiger partial charge in [-0.25, -0.2) is 0 Å². The number of fused-ring (bicyclic) bond motifs is 1. The van der Waals surface area contributed by atoms with Crippen molar-refractivity contribution in [1.82, 2.24) is 15.1 Å². The highest BCUT2D eigenvalue weighted by atomic mass is 16.5. The van der Waals surface area contributed by atoms with Gasteiger partial charge in [0.25, 0.3) is 5.91 Å². The Bertz CT molecular complexity index is 1170. The summed E-state index contributed by atoms with van der Waals surface area (Å²) >= 11 is 0. The van der Waals surface area contributed by atoms with Crippen molar-refractivity contribution in [3.8, 4) is 5.75 Å². The zero-order chi connectivity index (χ0) is 25.4. The van der Waals surface area contributed by atoms with Gasteiger partial charge in [-0.3, -0.25) is 24.6 Å². The van der Waals surface area contributed by atoms with Crippen molar-refractivity contribution in [3.63, 3.8) is 0 Å². The number of nitrogens with one attached hydrogen (secondary N) is 1. The summed E-state index contributed by atoms with van der Waals surface area (Å²) in [6, 6.07) is 16.4. The van der Waals surface area contributed by atoms with Crippen LogP contribution in [0.2, 0.25) is 0 Å². The first kappa shape index (κ1) is 24.2. The topological polar surface area (TPSA) is 79.0 Å². The minimum Gasteiger partial charge on any atom is -0.489 e. The molecule has 3 aliphatic heterocycles. The number of carbonyl (C=O) groups is 3. The maximum atomic E-state index is 13.0. The van der Waals surface area contributed by atoms with E-state index in [1.165, 1.54) is 31.2 Å². The first-order chi connectivity index (χ1) is 18.1. The Morgan fingerprint density at radius 2 is 1.65 bits per heavy atom. The highest BCUT2D eigenvalue weighted by Crippen LogP contribution is 2.35. The fourth-order valence-electron chi connectivity index (χ4n) is 6.72. The number of ether oxygens (including phenoxy) is 1. The normalized spacial score (nSPS) is 27.2. The minimum atomic E-state index is -0.594. The molecule has 7 nitrogen and oxygen atoms in total. The quantitative estimate of drug-likeness (QED) is 0.627. The number of piperidine rings is 2. The van der Waals surface area contributed by atoms with Crippen LogP contribution in [0.1, 0.15) is 78.8 Å². The van der Waals surface area contributed by atoms with Crippen LogP contribution >= 0.6 is 0 Å². The van der Waals surface area contributed by atoms with Crippen LogP contribution in [-0.2, 0) is 16.1 Å². The fourth-order valence-corrected chi connectivity index (χ4v) is 6.72. The van der Waals surface area contributed by atoms with Crippen LogP contribution in [0.5, 0.6) is 5.75 Å². The van der Waals surface area contributed by atoms with E-state index in [1.807, 2.05) is 18.2 Å². The summed E-state index contributed by atoms with van der Waals surface area (Å²) in [7, 11) is 0. The Balaban J connectivity index is 1.11. The number of benzene rings is 2. The van der Waals surface area contributed by atoms with Crippen molar-refractivity contribution in [2.24, 2.45) is 0 Å². The largest absolute Gasteiger partial charge is 0.489 e. The number of rotatable bonds is 5. The molecule has 37 heavy (non-hydrogen) atoms. The van der Waals surface area contributed by atoms with Crippen LogP contribution in [0, 0.1) is 0 Å². The van der Waals surface area contributed by atoms with Gasteiger partial charge in [-0.15, -0.1) is 0 Å². The van der Waals surface area contributed by atoms with Gasteiger partial charge >= 0.3 is 0 Å². The summed E-state index contributed by atoms with van der Waals surface area (Å²) in [5, 5.41) is 2.37. The zero-order valence-corrected chi connectivity index (χ0v) is 21.2. The highest BCUT2D eigenvalue weighted by molar-refractivity contribution is 6.05. The summed E-state index contributed by atoms with van der Waals surface area (Å²) in [4.78, 5) is 41.1. The molecule has 2 aromatic rings. The van der Waals surface area contributed by atoms with E-state index in [9.17, 15) is 14.4 Å². The van der Waals surface area contributed by atoms with Crippen LogP contribution in [0.4, 0.5) is 0 Å². The number of nitrogens with zero attached hydrogens (tertiary/aromatic N) is 2.